The molecule has 2 rings (SSSR count). The first-order valence-corrected chi connectivity index (χ1v) is 6.92. The molecule has 1 aromatic rings. The molecule has 1 N–H and O–H groups in total. The van der Waals surface area contributed by atoms with Gasteiger partial charge in [0.2, 0.25) is 0 Å². The highest BCUT2D eigenvalue weighted by Crippen LogP contribution is 2.12. The lowest BCUT2D eigenvalue weighted by molar-refractivity contribution is -0.0175. The van der Waals surface area contributed by atoms with E-state index in [1.165, 1.54) is 0 Å². The normalized spacial score (nSPS) is 19.6. The number of morpholine rings is 1. The standard InChI is InChI=1S/C15H23N3O2/c1-17(2)13-6-4-12(5-7-13)15(19)16-10-14-11-18(3)8-9-20-14/h4-7,14H,8-11H2,1-3H3,(H,16,19). The molecule has 1 saturated heterocycles. The molecule has 0 aromatic heterocycles. The van der Waals surface area contributed by atoms with Crippen molar-refractivity contribution in [3.8, 4) is 0 Å². The van der Waals surface area contributed by atoms with E-state index in [9.17, 15) is 4.79 Å². The highest BCUT2D eigenvalue weighted by molar-refractivity contribution is 5.94. The van der Waals surface area contributed by atoms with Gasteiger partial charge in [-0.1, -0.05) is 0 Å². The molecule has 5 nitrogen and oxygen atoms in total. The second-order valence-electron chi connectivity index (χ2n) is 5.41. The second-order valence-corrected chi connectivity index (χ2v) is 5.41. The van der Waals surface area contributed by atoms with Gasteiger partial charge in [0, 0.05) is 45.0 Å². The first kappa shape index (κ1) is 14.8. The second kappa shape index (κ2) is 6.72. The molecular weight excluding hydrogens is 254 g/mol. The lowest BCUT2D eigenvalue weighted by Gasteiger charge is -2.30. The minimum atomic E-state index is -0.0490. The fraction of sp³-hybridized carbons (Fsp3) is 0.533. The summed E-state index contributed by atoms with van der Waals surface area (Å²) in [6.07, 6.45) is 0.0822. The Labute approximate surface area is 120 Å². The van der Waals surface area contributed by atoms with Crippen molar-refractivity contribution in [3.05, 3.63) is 29.8 Å². The van der Waals surface area contributed by atoms with Gasteiger partial charge in [0.15, 0.2) is 0 Å². The number of nitrogens with one attached hydrogen (secondary N) is 1. The molecule has 1 aliphatic rings. The summed E-state index contributed by atoms with van der Waals surface area (Å²) in [5.74, 6) is -0.0490. The zero-order valence-electron chi connectivity index (χ0n) is 12.4. The van der Waals surface area contributed by atoms with Crippen LogP contribution in [-0.2, 0) is 4.74 Å². The molecule has 110 valence electrons. The summed E-state index contributed by atoms with van der Waals surface area (Å²) in [5, 5.41) is 2.93. The number of carbonyl (C=O) groups excluding carboxylic acids is 1. The Kier molecular flexibility index (Phi) is 4.98. The third-order valence-corrected chi connectivity index (χ3v) is 3.48. The molecule has 1 aliphatic heterocycles. The summed E-state index contributed by atoms with van der Waals surface area (Å²) in [5.41, 5.74) is 1.76. The van der Waals surface area contributed by atoms with Crippen molar-refractivity contribution in [2.24, 2.45) is 0 Å². The van der Waals surface area contributed by atoms with Crippen molar-refractivity contribution < 1.29 is 9.53 Å². The van der Waals surface area contributed by atoms with Gasteiger partial charge in [0.1, 0.15) is 0 Å². The van der Waals surface area contributed by atoms with Crippen LogP contribution in [0, 0.1) is 0 Å². The van der Waals surface area contributed by atoms with Gasteiger partial charge in [-0.05, 0) is 31.3 Å². The summed E-state index contributed by atoms with van der Waals surface area (Å²) in [6, 6.07) is 7.58. The highest BCUT2D eigenvalue weighted by atomic mass is 16.5. The van der Waals surface area contributed by atoms with Gasteiger partial charge in [-0.3, -0.25) is 4.79 Å². The topological polar surface area (TPSA) is 44.8 Å². The maximum atomic E-state index is 12.1. The molecule has 1 fully saturated rings. The highest BCUT2D eigenvalue weighted by Gasteiger charge is 2.18. The van der Waals surface area contributed by atoms with Crippen LogP contribution in [0.5, 0.6) is 0 Å². The van der Waals surface area contributed by atoms with Gasteiger partial charge in [-0.2, -0.15) is 0 Å². The molecule has 0 bridgehead atoms. The van der Waals surface area contributed by atoms with Crippen LogP contribution < -0.4 is 10.2 Å². The number of hydrogen-bond acceptors (Lipinski definition) is 4. The summed E-state index contributed by atoms with van der Waals surface area (Å²) >= 11 is 0. The maximum Gasteiger partial charge on any atom is 0.251 e. The molecule has 1 unspecified atom stereocenters. The van der Waals surface area contributed by atoms with Crippen molar-refractivity contribution in [1.29, 1.82) is 0 Å². The van der Waals surface area contributed by atoms with E-state index in [-0.39, 0.29) is 12.0 Å². The summed E-state index contributed by atoms with van der Waals surface area (Å²) in [6.45, 7) is 3.10. The van der Waals surface area contributed by atoms with Crippen LogP contribution in [-0.4, -0.2) is 64.3 Å². The number of ether oxygens (including phenoxy) is 1. The van der Waals surface area contributed by atoms with Gasteiger partial charge in [0.05, 0.1) is 12.7 Å². The van der Waals surface area contributed by atoms with Gasteiger partial charge in [-0.25, -0.2) is 0 Å². The molecule has 0 aliphatic carbocycles. The van der Waals surface area contributed by atoms with Crippen LogP contribution in [0.1, 0.15) is 10.4 Å². The molecule has 1 aromatic carbocycles. The van der Waals surface area contributed by atoms with Crippen LogP contribution in [0.4, 0.5) is 5.69 Å². The Hall–Kier alpha value is -1.59. The van der Waals surface area contributed by atoms with Crippen LogP contribution in [0.15, 0.2) is 24.3 Å². The van der Waals surface area contributed by atoms with Crippen molar-refractivity contribution in [3.63, 3.8) is 0 Å². The smallest absolute Gasteiger partial charge is 0.251 e. The summed E-state index contributed by atoms with van der Waals surface area (Å²) in [7, 11) is 6.02. The zero-order chi connectivity index (χ0) is 14.5. The molecule has 1 atom stereocenters. The number of rotatable bonds is 4. The lowest BCUT2D eigenvalue weighted by Crippen LogP contribution is -2.45. The van der Waals surface area contributed by atoms with E-state index in [1.54, 1.807) is 0 Å². The van der Waals surface area contributed by atoms with Crippen LogP contribution in [0.25, 0.3) is 0 Å². The zero-order valence-corrected chi connectivity index (χ0v) is 12.4. The van der Waals surface area contributed by atoms with Crippen LogP contribution in [0.2, 0.25) is 0 Å². The molecule has 1 amide bonds. The van der Waals surface area contributed by atoms with Crippen molar-refractivity contribution in [1.82, 2.24) is 10.2 Å². The monoisotopic (exact) mass is 277 g/mol. The Bertz CT molecular complexity index is 445. The number of carbonyl (C=O) groups is 1. The van der Waals surface area contributed by atoms with Crippen LogP contribution in [0.3, 0.4) is 0 Å². The number of amides is 1. The molecular formula is C15H23N3O2. The van der Waals surface area contributed by atoms with Gasteiger partial charge in [-0.15, -0.1) is 0 Å². The van der Waals surface area contributed by atoms with Crippen molar-refractivity contribution in [2.45, 2.75) is 6.10 Å². The van der Waals surface area contributed by atoms with Crippen LogP contribution >= 0.6 is 0 Å². The largest absolute Gasteiger partial charge is 0.378 e. The Morgan fingerprint density at radius 2 is 2.10 bits per heavy atom. The molecule has 20 heavy (non-hydrogen) atoms. The summed E-state index contributed by atoms with van der Waals surface area (Å²) < 4.78 is 5.62. The minimum absolute atomic E-state index is 0.0490. The Morgan fingerprint density at radius 1 is 1.40 bits per heavy atom. The quantitative estimate of drug-likeness (QED) is 0.885. The fourth-order valence-corrected chi connectivity index (χ4v) is 2.21. The average molecular weight is 277 g/mol. The average Bonchev–Trinajstić information content (AvgIpc) is 2.45. The predicted molar refractivity (Wildman–Crippen MR) is 80.3 cm³/mol. The van der Waals surface area contributed by atoms with Gasteiger partial charge < -0.3 is 19.9 Å². The van der Waals surface area contributed by atoms with Crippen molar-refractivity contribution in [2.75, 3.05) is 52.3 Å². The lowest BCUT2D eigenvalue weighted by atomic mass is 10.2. The molecule has 0 spiro atoms. The van der Waals surface area contributed by atoms with E-state index in [4.69, 9.17) is 4.74 Å². The number of likely N-dealkylation sites (N-methyl/N-ethyl adjacent to an activating group) is 1. The third-order valence-electron chi connectivity index (χ3n) is 3.48. The molecule has 0 radical (unpaired) electrons. The van der Waals surface area contributed by atoms with Gasteiger partial charge >= 0.3 is 0 Å². The summed E-state index contributed by atoms with van der Waals surface area (Å²) in [4.78, 5) is 16.3. The molecule has 5 heteroatoms. The van der Waals surface area contributed by atoms with E-state index in [0.717, 1.165) is 25.4 Å². The van der Waals surface area contributed by atoms with Gasteiger partial charge in [0.25, 0.3) is 5.91 Å². The number of hydrogen-bond donors (Lipinski definition) is 1. The number of anilines is 1. The van der Waals surface area contributed by atoms with E-state index in [2.05, 4.69) is 17.3 Å². The Morgan fingerprint density at radius 3 is 2.70 bits per heavy atom. The minimum Gasteiger partial charge on any atom is -0.378 e. The fourth-order valence-electron chi connectivity index (χ4n) is 2.21. The predicted octanol–water partition coefficient (Wildman–Crippen LogP) is 0.813. The SMILES string of the molecule is CN1CCOC(CNC(=O)c2ccc(N(C)C)cc2)C1. The van der Waals surface area contributed by atoms with Crippen molar-refractivity contribution >= 4 is 11.6 Å². The number of nitrogens with zero attached hydrogens (tertiary/aromatic N) is 2. The van der Waals surface area contributed by atoms with E-state index < -0.39 is 0 Å². The Balaban J connectivity index is 1.85. The molecule has 1 heterocycles. The first-order valence-electron chi connectivity index (χ1n) is 6.92. The maximum absolute atomic E-state index is 12.1. The van der Waals surface area contributed by atoms with E-state index >= 15 is 0 Å². The van der Waals surface area contributed by atoms with E-state index in [1.807, 2.05) is 43.3 Å². The first-order chi connectivity index (χ1) is 9.56. The third kappa shape index (κ3) is 3.95. The number of benzene rings is 1. The molecule has 0 saturated carbocycles. The van der Waals surface area contributed by atoms with E-state index in [0.29, 0.717) is 12.1 Å².